The number of fused-ring (bicyclic) bond motifs is 2. The lowest BCUT2D eigenvalue weighted by atomic mass is 9.97. The van der Waals surface area contributed by atoms with Gasteiger partial charge in [0.15, 0.2) is 5.65 Å². The van der Waals surface area contributed by atoms with E-state index in [1.807, 2.05) is 33.6 Å². The largest absolute Gasteiger partial charge is 0.383 e. The number of nitrogens with zero attached hydrogens (tertiary/aromatic N) is 7. The Balaban J connectivity index is 1.30. The topological polar surface area (TPSA) is 117 Å². The molecule has 39 heavy (non-hydrogen) atoms. The van der Waals surface area contributed by atoms with Crippen LogP contribution in [-0.2, 0) is 13.0 Å². The van der Waals surface area contributed by atoms with Gasteiger partial charge in [-0.25, -0.2) is 9.36 Å². The van der Waals surface area contributed by atoms with Crippen LogP contribution in [0.25, 0.3) is 28.0 Å². The molecule has 4 heterocycles. The number of nitrogen functional groups attached to an aromatic ring is 2. The molecule has 9 heteroatoms. The maximum atomic E-state index is 6.12. The highest BCUT2D eigenvalue weighted by Gasteiger charge is 2.29. The molecule has 0 amide bonds. The van der Waals surface area contributed by atoms with Gasteiger partial charge in [0.05, 0.1) is 29.0 Å². The van der Waals surface area contributed by atoms with E-state index in [2.05, 4.69) is 86.8 Å². The second-order valence-electron chi connectivity index (χ2n) is 9.81. The van der Waals surface area contributed by atoms with Gasteiger partial charge >= 0.3 is 0 Å². The number of anilines is 3. The highest BCUT2D eigenvalue weighted by atomic mass is 15.4. The van der Waals surface area contributed by atoms with Gasteiger partial charge in [0.2, 0.25) is 5.95 Å². The van der Waals surface area contributed by atoms with Crippen LogP contribution >= 0.6 is 0 Å². The highest BCUT2D eigenvalue weighted by molar-refractivity contribution is 5.86. The minimum atomic E-state index is 0.0374. The van der Waals surface area contributed by atoms with E-state index in [1.54, 1.807) is 6.20 Å². The molecule has 0 bridgehead atoms. The quantitative estimate of drug-likeness (QED) is 0.345. The lowest BCUT2D eigenvalue weighted by Crippen LogP contribution is -2.36. The summed E-state index contributed by atoms with van der Waals surface area (Å²) >= 11 is 0. The number of nitrogens with two attached hydrogens (primary N) is 2. The minimum Gasteiger partial charge on any atom is -0.383 e. The van der Waals surface area contributed by atoms with Crippen molar-refractivity contribution in [3.63, 3.8) is 0 Å². The molecule has 0 aliphatic carbocycles. The van der Waals surface area contributed by atoms with Crippen molar-refractivity contribution in [1.82, 2.24) is 29.5 Å². The summed E-state index contributed by atoms with van der Waals surface area (Å²) in [5, 5.41) is 10.4. The molecule has 1 aliphatic rings. The van der Waals surface area contributed by atoms with Crippen LogP contribution in [-0.4, -0.2) is 36.1 Å². The zero-order valence-corrected chi connectivity index (χ0v) is 21.2. The fourth-order valence-corrected chi connectivity index (χ4v) is 5.49. The van der Waals surface area contributed by atoms with Crippen LogP contribution in [0.1, 0.15) is 17.2 Å². The molecule has 1 aliphatic heterocycles. The zero-order chi connectivity index (χ0) is 26.3. The van der Waals surface area contributed by atoms with Gasteiger partial charge in [-0.3, -0.25) is 0 Å². The fraction of sp³-hybridized carbons (Fsp3) is 0.133. The molecule has 0 radical (unpaired) electrons. The first-order valence-corrected chi connectivity index (χ1v) is 12.9. The molecule has 3 aromatic heterocycles. The smallest absolute Gasteiger partial charge is 0.224 e. The van der Waals surface area contributed by atoms with Crippen LogP contribution in [0.15, 0.2) is 97.3 Å². The van der Waals surface area contributed by atoms with E-state index < -0.39 is 0 Å². The van der Waals surface area contributed by atoms with Crippen molar-refractivity contribution in [3.05, 3.63) is 108 Å². The summed E-state index contributed by atoms with van der Waals surface area (Å²) in [5.41, 5.74) is 19.4. The SMILES string of the molecule is Nc1nc(N)c2cnn(C3Cc4ccccc4N(Cc4cn(-c5ccccc5)nc4-c4ccccc4)C3)c2n1. The van der Waals surface area contributed by atoms with E-state index in [9.17, 15) is 0 Å². The van der Waals surface area contributed by atoms with Crippen molar-refractivity contribution < 1.29 is 0 Å². The molecule has 3 aromatic carbocycles. The second-order valence-corrected chi connectivity index (χ2v) is 9.81. The first kappa shape index (κ1) is 23.0. The van der Waals surface area contributed by atoms with Crippen LogP contribution in [0.4, 0.5) is 17.5 Å². The van der Waals surface area contributed by atoms with Crippen LogP contribution in [0.2, 0.25) is 0 Å². The van der Waals surface area contributed by atoms with E-state index in [1.165, 1.54) is 11.3 Å². The molecule has 0 saturated heterocycles. The number of benzene rings is 3. The van der Waals surface area contributed by atoms with Crippen LogP contribution in [0, 0.1) is 0 Å². The first-order valence-electron chi connectivity index (χ1n) is 12.9. The number of rotatable bonds is 5. The molecule has 0 saturated carbocycles. The van der Waals surface area contributed by atoms with E-state index in [4.69, 9.17) is 16.6 Å². The molecule has 9 nitrogen and oxygen atoms in total. The highest BCUT2D eigenvalue weighted by Crippen LogP contribution is 2.36. The summed E-state index contributed by atoms with van der Waals surface area (Å²) in [6.45, 7) is 1.42. The number of para-hydroxylation sites is 2. The Morgan fingerprint density at radius 2 is 1.59 bits per heavy atom. The summed E-state index contributed by atoms with van der Waals surface area (Å²) in [6, 6.07) is 29.2. The molecule has 6 aromatic rings. The third-order valence-corrected chi connectivity index (χ3v) is 7.28. The standard InChI is InChI=1S/C30H27N9/c31-28-25-16-33-39(29(25)35-30(32)34-28)24-15-21-11-7-8-14-26(21)37(19-24)17-22-18-38(23-12-5-2-6-13-23)36-27(22)20-9-3-1-4-10-20/h1-14,16,18,24H,15,17,19H2,(H4,31,32,34,35). The van der Waals surface area contributed by atoms with Crippen LogP contribution in [0.3, 0.4) is 0 Å². The molecule has 1 atom stereocenters. The third kappa shape index (κ3) is 4.14. The van der Waals surface area contributed by atoms with Gasteiger partial charge in [0, 0.05) is 36.1 Å². The van der Waals surface area contributed by atoms with Gasteiger partial charge in [0.1, 0.15) is 5.82 Å². The molecule has 0 spiro atoms. The fourth-order valence-electron chi connectivity index (χ4n) is 5.49. The van der Waals surface area contributed by atoms with Crippen LogP contribution < -0.4 is 16.4 Å². The van der Waals surface area contributed by atoms with Gasteiger partial charge < -0.3 is 16.4 Å². The normalized spacial score (nSPS) is 15.0. The molecular formula is C30H27N9. The lowest BCUT2D eigenvalue weighted by Gasteiger charge is -2.36. The van der Waals surface area contributed by atoms with Crippen molar-refractivity contribution in [1.29, 1.82) is 0 Å². The lowest BCUT2D eigenvalue weighted by molar-refractivity contribution is 0.439. The summed E-state index contributed by atoms with van der Waals surface area (Å²) in [4.78, 5) is 11.0. The van der Waals surface area contributed by atoms with Gasteiger partial charge in [0.25, 0.3) is 0 Å². The van der Waals surface area contributed by atoms with E-state index in [0.717, 1.165) is 35.5 Å². The van der Waals surface area contributed by atoms with Gasteiger partial charge in [-0.2, -0.15) is 20.2 Å². The number of hydrogen-bond donors (Lipinski definition) is 2. The van der Waals surface area contributed by atoms with Gasteiger partial charge in [-0.05, 0) is 30.2 Å². The Bertz CT molecular complexity index is 1770. The third-order valence-electron chi connectivity index (χ3n) is 7.28. The predicted octanol–water partition coefficient (Wildman–Crippen LogP) is 4.65. The average Bonchev–Trinajstić information content (AvgIpc) is 3.59. The Kier molecular flexibility index (Phi) is 5.47. The van der Waals surface area contributed by atoms with Crippen molar-refractivity contribution in [2.24, 2.45) is 0 Å². The molecule has 0 fully saturated rings. The number of aromatic nitrogens is 6. The van der Waals surface area contributed by atoms with Gasteiger partial charge in [-0.1, -0.05) is 66.7 Å². The average molecular weight is 514 g/mol. The molecule has 4 N–H and O–H groups in total. The van der Waals surface area contributed by atoms with Gasteiger partial charge in [-0.15, -0.1) is 0 Å². The molecule has 192 valence electrons. The zero-order valence-electron chi connectivity index (χ0n) is 21.2. The summed E-state index contributed by atoms with van der Waals surface area (Å²) in [7, 11) is 0. The Morgan fingerprint density at radius 1 is 0.846 bits per heavy atom. The summed E-state index contributed by atoms with van der Waals surface area (Å²) < 4.78 is 3.91. The number of hydrogen-bond acceptors (Lipinski definition) is 7. The monoisotopic (exact) mass is 513 g/mol. The van der Waals surface area contributed by atoms with E-state index in [-0.39, 0.29) is 12.0 Å². The maximum absolute atomic E-state index is 6.12. The Morgan fingerprint density at radius 3 is 2.41 bits per heavy atom. The summed E-state index contributed by atoms with van der Waals surface area (Å²) in [6.07, 6.45) is 4.69. The summed E-state index contributed by atoms with van der Waals surface area (Å²) in [5.74, 6) is 0.494. The van der Waals surface area contributed by atoms with Crippen molar-refractivity contribution in [2.45, 2.75) is 19.0 Å². The minimum absolute atomic E-state index is 0.0374. The van der Waals surface area contributed by atoms with Crippen LogP contribution in [0.5, 0.6) is 0 Å². The van der Waals surface area contributed by atoms with E-state index >= 15 is 0 Å². The van der Waals surface area contributed by atoms with Crippen molar-refractivity contribution >= 4 is 28.5 Å². The predicted molar refractivity (Wildman–Crippen MR) is 153 cm³/mol. The maximum Gasteiger partial charge on any atom is 0.224 e. The van der Waals surface area contributed by atoms with Crippen molar-refractivity contribution in [3.8, 4) is 16.9 Å². The first-order chi connectivity index (χ1) is 19.1. The Labute approximate surface area is 225 Å². The van der Waals surface area contributed by atoms with E-state index in [0.29, 0.717) is 23.4 Å². The van der Waals surface area contributed by atoms with Crippen molar-refractivity contribution in [2.75, 3.05) is 22.9 Å². The molecule has 7 rings (SSSR count). The second kappa shape index (κ2) is 9.29. The molecule has 1 unspecified atom stereocenters. The Hall–Kier alpha value is -5.18. The molecular weight excluding hydrogens is 486 g/mol.